The van der Waals surface area contributed by atoms with Crippen LogP contribution in [0.4, 0.5) is 5.69 Å². The minimum absolute atomic E-state index is 0.0298. The van der Waals surface area contributed by atoms with Crippen molar-refractivity contribution >= 4 is 44.0 Å². The number of benzene rings is 1. The SMILES string of the molecule is Cc1cc(-c2cc(C(=O)Nc3ccc(C)c(S(N)(=O)=O)c3)c3cnn(C(C)C)c3n2)c(C)s1. The minimum Gasteiger partial charge on any atom is -0.322 e. The smallest absolute Gasteiger partial charge is 0.256 e. The van der Waals surface area contributed by atoms with E-state index in [4.69, 9.17) is 10.1 Å². The number of nitrogens with one attached hydrogen (secondary N) is 1. The van der Waals surface area contributed by atoms with Crippen LogP contribution in [0, 0.1) is 20.8 Å². The lowest BCUT2D eigenvalue weighted by Crippen LogP contribution is -2.16. The molecule has 8 nitrogen and oxygen atoms in total. The van der Waals surface area contributed by atoms with Gasteiger partial charge in [0.15, 0.2) is 5.65 Å². The summed E-state index contributed by atoms with van der Waals surface area (Å²) in [4.78, 5) is 20.4. The predicted molar refractivity (Wildman–Crippen MR) is 131 cm³/mol. The van der Waals surface area contributed by atoms with Gasteiger partial charge >= 0.3 is 0 Å². The molecule has 172 valence electrons. The fourth-order valence-corrected chi connectivity index (χ4v) is 5.53. The molecule has 0 unspecified atom stereocenters. The summed E-state index contributed by atoms with van der Waals surface area (Å²) in [5.74, 6) is -0.388. The highest BCUT2D eigenvalue weighted by atomic mass is 32.2. The monoisotopic (exact) mass is 483 g/mol. The number of carbonyl (C=O) groups is 1. The van der Waals surface area contributed by atoms with Gasteiger partial charge < -0.3 is 5.32 Å². The van der Waals surface area contributed by atoms with Crippen LogP contribution < -0.4 is 10.5 Å². The summed E-state index contributed by atoms with van der Waals surface area (Å²) in [6, 6.07) is 8.49. The molecule has 3 N–H and O–H groups in total. The van der Waals surface area contributed by atoms with Crippen molar-refractivity contribution in [3.05, 3.63) is 57.4 Å². The van der Waals surface area contributed by atoms with Crippen LogP contribution in [0.2, 0.25) is 0 Å². The second-order valence-electron chi connectivity index (χ2n) is 8.28. The van der Waals surface area contributed by atoms with Crippen LogP contribution in [0.5, 0.6) is 0 Å². The van der Waals surface area contributed by atoms with Crippen molar-refractivity contribution in [1.82, 2.24) is 14.8 Å². The van der Waals surface area contributed by atoms with Gasteiger partial charge in [-0.05, 0) is 64.4 Å². The van der Waals surface area contributed by atoms with Gasteiger partial charge in [-0.25, -0.2) is 23.2 Å². The molecule has 0 aliphatic heterocycles. The topological polar surface area (TPSA) is 120 Å². The summed E-state index contributed by atoms with van der Waals surface area (Å²) in [5, 5.41) is 13.2. The number of aromatic nitrogens is 3. The summed E-state index contributed by atoms with van der Waals surface area (Å²) in [7, 11) is -3.92. The van der Waals surface area contributed by atoms with Crippen LogP contribution in [0.3, 0.4) is 0 Å². The van der Waals surface area contributed by atoms with Crippen molar-refractivity contribution in [2.24, 2.45) is 5.14 Å². The van der Waals surface area contributed by atoms with Crippen LogP contribution in [0.25, 0.3) is 22.3 Å². The highest BCUT2D eigenvalue weighted by Crippen LogP contribution is 2.33. The van der Waals surface area contributed by atoms with E-state index in [-0.39, 0.29) is 16.8 Å². The Morgan fingerprint density at radius 3 is 2.48 bits per heavy atom. The van der Waals surface area contributed by atoms with Crippen molar-refractivity contribution < 1.29 is 13.2 Å². The fraction of sp³-hybridized carbons (Fsp3) is 0.261. The number of nitrogens with two attached hydrogens (primary N) is 1. The van der Waals surface area contributed by atoms with Crippen LogP contribution in [-0.4, -0.2) is 29.1 Å². The van der Waals surface area contributed by atoms with E-state index in [9.17, 15) is 13.2 Å². The van der Waals surface area contributed by atoms with Crippen LogP contribution >= 0.6 is 11.3 Å². The van der Waals surface area contributed by atoms with E-state index in [1.54, 1.807) is 47.3 Å². The lowest BCUT2D eigenvalue weighted by molar-refractivity contribution is 0.102. The molecule has 0 aliphatic carbocycles. The molecule has 0 bridgehead atoms. The Morgan fingerprint density at radius 1 is 1.15 bits per heavy atom. The number of fused-ring (bicyclic) bond motifs is 1. The maximum absolute atomic E-state index is 13.4. The molecule has 0 saturated carbocycles. The highest BCUT2D eigenvalue weighted by molar-refractivity contribution is 7.89. The molecule has 4 rings (SSSR count). The Kier molecular flexibility index (Phi) is 5.85. The molecule has 33 heavy (non-hydrogen) atoms. The minimum atomic E-state index is -3.92. The quantitative estimate of drug-likeness (QED) is 0.431. The number of rotatable bonds is 5. The number of carbonyl (C=O) groups excluding carboxylic acids is 1. The zero-order valence-corrected chi connectivity index (χ0v) is 20.6. The Bertz CT molecular complexity index is 1500. The molecule has 1 aromatic carbocycles. The number of hydrogen-bond donors (Lipinski definition) is 2. The molecule has 0 fully saturated rings. The van der Waals surface area contributed by atoms with Crippen molar-refractivity contribution in [3.63, 3.8) is 0 Å². The van der Waals surface area contributed by atoms with Gasteiger partial charge in [0.25, 0.3) is 5.91 Å². The second kappa shape index (κ2) is 8.36. The summed E-state index contributed by atoms with van der Waals surface area (Å²) in [5.41, 5.74) is 3.52. The van der Waals surface area contributed by atoms with Gasteiger partial charge in [-0.2, -0.15) is 5.10 Å². The summed E-state index contributed by atoms with van der Waals surface area (Å²) in [6.45, 7) is 9.71. The van der Waals surface area contributed by atoms with Gasteiger partial charge in [-0.3, -0.25) is 4.79 Å². The van der Waals surface area contributed by atoms with Crippen LogP contribution in [0.1, 0.15) is 45.6 Å². The molecule has 3 heterocycles. The Hall–Kier alpha value is -3.08. The number of anilines is 1. The van der Waals surface area contributed by atoms with Gasteiger partial charge in [-0.15, -0.1) is 11.3 Å². The third-order valence-corrected chi connectivity index (χ3v) is 7.39. The van der Waals surface area contributed by atoms with E-state index < -0.39 is 10.0 Å². The molecule has 0 spiro atoms. The van der Waals surface area contributed by atoms with Gasteiger partial charge in [0.05, 0.1) is 27.7 Å². The number of sulfonamides is 1. The first-order chi connectivity index (χ1) is 15.5. The number of pyridine rings is 1. The molecule has 3 aromatic heterocycles. The van der Waals surface area contributed by atoms with Crippen molar-refractivity contribution in [2.45, 2.75) is 45.6 Å². The van der Waals surface area contributed by atoms with E-state index in [2.05, 4.69) is 16.5 Å². The molecule has 4 aromatic rings. The van der Waals surface area contributed by atoms with Crippen LogP contribution in [-0.2, 0) is 10.0 Å². The molecular weight excluding hydrogens is 458 g/mol. The highest BCUT2D eigenvalue weighted by Gasteiger charge is 2.21. The number of primary sulfonamides is 1. The first-order valence-electron chi connectivity index (χ1n) is 10.4. The maximum atomic E-state index is 13.4. The zero-order valence-electron chi connectivity index (χ0n) is 19.0. The summed E-state index contributed by atoms with van der Waals surface area (Å²) < 4.78 is 25.6. The number of aryl methyl sites for hydroxylation is 3. The molecule has 0 aliphatic rings. The number of thiophene rings is 1. The summed E-state index contributed by atoms with van der Waals surface area (Å²) >= 11 is 1.67. The summed E-state index contributed by atoms with van der Waals surface area (Å²) in [6.07, 6.45) is 1.64. The third kappa shape index (κ3) is 4.41. The van der Waals surface area contributed by atoms with Crippen molar-refractivity contribution in [2.75, 3.05) is 5.32 Å². The number of hydrogen-bond acceptors (Lipinski definition) is 6. The Balaban J connectivity index is 1.84. The number of amides is 1. The van der Waals surface area contributed by atoms with Gasteiger partial charge in [0.2, 0.25) is 10.0 Å². The molecule has 0 radical (unpaired) electrons. The molecule has 10 heteroatoms. The number of nitrogens with zero attached hydrogens (tertiary/aromatic N) is 3. The maximum Gasteiger partial charge on any atom is 0.256 e. The van der Waals surface area contributed by atoms with Gasteiger partial charge in [0, 0.05) is 27.0 Å². The van der Waals surface area contributed by atoms with E-state index in [1.807, 2.05) is 27.7 Å². The average Bonchev–Trinajstić information content (AvgIpc) is 3.30. The van der Waals surface area contributed by atoms with Crippen LogP contribution in [0.15, 0.2) is 41.4 Å². The molecule has 0 atom stereocenters. The van der Waals surface area contributed by atoms with Crippen molar-refractivity contribution in [3.8, 4) is 11.3 Å². The fourth-order valence-electron chi connectivity index (χ4n) is 3.79. The zero-order chi connectivity index (χ0) is 24.1. The normalized spacial score (nSPS) is 12.0. The lowest BCUT2D eigenvalue weighted by atomic mass is 10.1. The standard InChI is InChI=1S/C23H25N5O3S2/c1-12(2)28-22-19(11-25-28)18(10-20(27-22)17-8-14(4)32-15(17)5)23(29)26-16-7-6-13(3)21(9-16)33(24,30)31/h6-12H,1-5H3,(H,26,29)(H2,24,30,31). The van der Waals surface area contributed by atoms with Gasteiger partial charge in [0.1, 0.15) is 0 Å². The molecule has 0 saturated heterocycles. The lowest BCUT2D eigenvalue weighted by Gasteiger charge is -2.12. The average molecular weight is 484 g/mol. The van der Waals surface area contributed by atoms with Crippen molar-refractivity contribution in [1.29, 1.82) is 0 Å². The van der Waals surface area contributed by atoms with E-state index in [0.717, 1.165) is 15.3 Å². The van der Waals surface area contributed by atoms with E-state index in [0.29, 0.717) is 33.5 Å². The first kappa shape index (κ1) is 23.1. The first-order valence-corrected chi connectivity index (χ1v) is 12.7. The van der Waals surface area contributed by atoms with E-state index in [1.165, 1.54) is 6.07 Å². The third-order valence-electron chi connectivity index (χ3n) is 5.37. The Morgan fingerprint density at radius 2 is 1.88 bits per heavy atom. The molecular formula is C23H25N5O3S2. The largest absolute Gasteiger partial charge is 0.322 e. The predicted octanol–water partition coefficient (Wildman–Crippen LogP) is 4.57. The molecule has 1 amide bonds. The second-order valence-corrected chi connectivity index (χ2v) is 11.3. The van der Waals surface area contributed by atoms with E-state index >= 15 is 0 Å². The Labute approximate surface area is 196 Å². The van der Waals surface area contributed by atoms with Gasteiger partial charge in [-0.1, -0.05) is 6.07 Å².